The Morgan fingerprint density at radius 1 is 1.24 bits per heavy atom. The zero-order chi connectivity index (χ0) is 18.0. The fourth-order valence-corrected chi connectivity index (χ4v) is 2.12. The van der Waals surface area contributed by atoms with Gasteiger partial charge in [0, 0.05) is 0 Å². The van der Waals surface area contributed by atoms with Crippen LogP contribution in [0.1, 0.15) is 34.2 Å². The third kappa shape index (κ3) is 3.22. The molecule has 0 spiro atoms. The van der Waals surface area contributed by atoms with Gasteiger partial charge in [-0.3, -0.25) is 4.79 Å². The summed E-state index contributed by atoms with van der Waals surface area (Å²) in [6.07, 6.45) is 0. The highest BCUT2D eigenvalue weighted by Crippen LogP contribution is 2.14. The predicted octanol–water partition coefficient (Wildman–Crippen LogP) is 1.00. The van der Waals surface area contributed by atoms with Crippen molar-refractivity contribution in [2.45, 2.75) is 20.8 Å². The van der Waals surface area contributed by atoms with Gasteiger partial charge in [0.15, 0.2) is 5.69 Å². The SMILES string of the molecule is CC(=NNC(=O)c1nnn(-c2nonc2N)c1C)c1ccc(C)cc1. The molecule has 0 bridgehead atoms. The van der Waals surface area contributed by atoms with E-state index in [1.807, 2.05) is 31.2 Å². The number of carbonyl (C=O) groups excluding carboxylic acids is 1. The number of aromatic nitrogens is 5. The molecule has 2 heterocycles. The standard InChI is InChI=1S/C15H16N8O2/c1-8-4-6-11(7-5-8)9(2)17-19-15(24)12-10(3)23(22-18-12)14-13(16)20-25-21-14/h4-7H,1-3H3,(H2,16,20)(H,19,24). The highest BCUT2D eigenvalue weighted by atomic mass is 16.6. The van der Waals surface area contributed by atoms with E-state index in [1.165, 1.54) is 4.68 Å². The van der Waals surface area contributed by atoms with Gasteiger partial charge in [0.05, 0.1) is 11.4 Å². The summed E-state index contributed by atoms with van der Waals surface area (Å²) in [6, 6.07) is 7.81. The van der Waals surface area contributed by atoms with Gasteiger partial charge in [-0.2, -0.15) is 9.78 Å². The number of hydrogen-bond acceptors (Lipinski definition) is 8. The Labute approximate surface area is 142 Å². The predicted molar refractivity (Wildman–Crippen MR) is 89.2 cm³/mol. The molecular formula is C15H16N8O2. The van der Waals surface area contributed by atoms with E-state index in [-0.39, 0.29) is 17.3 Å². The van der Waals surface area contributed by atoms with Crippen LogP contribution in [-0.4, -0.2) is 36.9 Å². The number of hydrogen-bond donors (Lipinski definition) is 2. The lowest BCUT2D eigenvalue weighted by atomic mass is 10.1. The van der Waals surface area contributed by atoms with Crippen LogP contribution < -0.4 is 11.2 Å². The number of hydrazone groups is 1. The lowest BCUT2D eigenvalue weighted by Gasteiger charge is -2.03. The van der Waals surface area contributed by atoms with E-state index < -0.39 is 5.91 Å². The maximum absolute atomic E-state index is 12.3. The van der Waals surface area contributed by atoms with Crippen molar-refractivity contribution in [3.63, 3.8) is 0 Å². The van der Waals surface area contributed by atoms with Crippen LogP contribution in [0.2, 0.25) is 0 Å². The van der Waals surface area contributed by atoms with Gasteiger partial charge in [-0.15, -0.1) is 5.10 Å². The normalized spacial score (nSPS) is 11.6. The summed E-state index contributed by atoms with van der Waals surface area (Å²) in [6.45, 7) is 5.46. The van der Waals surface area contributed by atoms with E-state index in [1.54, 1.807) is 13.8 Å². The van der Waals surface area contributed by atoms with Crippen molar-refractivity contribution in [1.29, 1.82) is 0 Å². The smallest absolute Gasteiger partial charge is 0.293 e. The number of nitrogens with zero attached hydrogens (tertiary/aromatic N) is 6. The lowest BCUT2D eigenvalue weighted by molar-refractivity contribution is 0.0949. The molecule has 0 unspecified atom stereocenters. The van der Waals surface area contributed by atoms with Gasteiger partial charge in [0.25, 0.3) is 5.91 Å². The maximum Gasteiger partial charge on any atom is 0.293 e. The van der Waals surface area contributed by atoms with Crippen LogP contribution >= 0.6 is 0 Å². The third-order valence-electron chi connectivity index (χ3n) is 3.60. The Bertz CT molecular complexity index is 939. The Morgan fingerprint density at radius 2 is 1.96 bits per heavy atom. The number of amides is 1. The van der Waals surface area contributed by atoms with Crippen molar-refractivity contribution in [3.05, 3.63) is 46.8 Å². The van der Waals surface area contributed by atoms with Crippen LogP contribution in [0.25, 0.3) is 5.82 Å². The van der Waals surface area contributed by atoms with E-state index in [0.29, 0.717) is 11.4 Å². The summed E-state index contributed by atoms with van der Waals surface area (Å²) >= 11 is 0. The second kappa shape index (κ2) is 6.51. The quantitative estimate of drug-likeness (QED) is 0.534. The zero-order valence-electron chi connectivity index (χ0n) is 13.9. The van der Waals surface area contributed by atoms with Gasteiger partial charge in [-0.1, -0.05) is 35.0 Å². The molecule has 0 aliphatic heterocycles. The van der Waals surface area contributed by atoms with Crippen LogP contribution in [-0.2, 0) is 0 Å². The molecule has 0 saturated heterocycles. The summed E-state index contributed by atoms with van der Waals surface area (Å²) in [4.78, 5) is 12.3. The molecule has 0 aliphatic carbocycles. The molecular weight excluding hydrogens is 324 g/mol. The van der Waals surface area contributed by atoms with E-state index in [0.717, 1.165) is 11.1 Å². The molecule has 0 atom stereocenters. The minimum Gasteiger partial charge on any atom is -0.378 e. The van der Waals surface area contributed by atoms with E-state index in [4.69, 9.17) is 5.73 Å². The summed E-state index contributed by atoms with van der Waals surface area (Å²) < 4.78 is 5.80. The van der Waals surface area contributed by atoms with E-state index >= 15 is 0 Å². The number of rotatable bonds is 4. The summed E-state index contributed by atoms with van der Waals surface area (Å²) in [7, 11) is 0. The Hall–Kier alpha value is -3.56. The molecule has 3 aromatic rings. The van der Waals surface area contributed by atoms with Crippen LogP contribution in [0.5, 0.6) is 0 Å². The van der Waals surface area contributed by atoms with Crippen LogP contribution in [0.3, 0.4) is 0 Å². The Balaban J connectivity index is 1.78. The van der Waals surface area contributed by atoms with E-state index in [9.17, 15) is 4.79 Å². The fourth-order valence-electron chi connectivity index (χ4n) is 2.12. The van der Waals surface area contributed by atoms with Crippen molar-refractivity contribution >= 4 is 17.4 Å². The molecule has 3 N–H and O–H groups in total. The zero-order valence-corrected chi connectivity index (χ0v) is 13.9. The first kappa shape index (κ1) is 16.3. The molecule has 0 radical (unpaired) electrons. The number of nitrogens with two attached hydrogens (primary N) is 1. The molecule has 0 aliphatic rings. The van der Waals surface area contributed by atoms with E-state index in [2.05, 4.69) is 35.8 Å². The molecule has 10 heteroatoms. The van der Waals surface area contributed by atoms with Gasteiger partial charge in [0.1, 0.15) is 0 Å². The van der Waals surface area contributed by atoms with Crippen LogP contribution in [0.15, 0.2) is 34.0 Å². The van der Waals surface area contributed by atoms with Crippen LogP contribution in [0, 0.1) is 13.8 Å². The second-order valence-electron chi connectivity index (χ2n) is 5.41. The van der Waals surface area contributed by atoms with Crippen molar-refractivity contribution < 1.29 is 9.42 Å². The van der Waals surface area contributed by atoms with Crippen LogP contribution in [0.4, 0.5) is 5.82 Å². The van der Waals surface area contributed by atoms with Crippen molar-refractivity contribution in [3.8, 4) is 5.82 Å². The van der Waals surface area contributed by atoms with Gasteiger partial charge < -0.3 is 5.73 Å². The molecule has 10 nitrogen and oxygen atoms in total. The highest BCUT2D eigenvalue weighted by molar-refractivity contribution is 6.00. The molecule has 128 valence electrons. The first-order chi connectivity index (χ1) is 12.0. The minimum atomic E-state index is -0.495. The number of benzene rings is 1. The Kier molecular flexibility index (Phi) is 4.25. The first-order valence-electron chi connectivity index (χ1n) is 7.39. The third-order valence-corrected chi connectivity index (χ3v) is 3.60. The van der Waals surface area contributed by atoms with Crippen molar-refractivity contribution in [2.75, 3.05) is 5.73 Å². The van der Waals surface area contributed by atoms with Gasteiger partial charge in [-0.05, 0) is 36.6 Å². The summed E-state index contributed by atoms with van der Waals surface area (Å²) in [5.74, 6) is -0.276. The lowest BCUT2D eigenvalue weighted by Crippen LogP contribution is -2.21. The summed E-state index contributed by atoms with van der Waals surface area (Å²) in [5, 5.41) is 18.9. The number of nitrogens with one attached hydrogen (secondary N) is 1. The first-order valence-corrected chi connectivity index (χ1v) is 7.39. The fraction of sp³-hybridized carbons (Fsp3) is 0.200. The topological polar surface area (TPSA) is 137 Å². The average molecular weight is 340 g/mol. The van der Waals surface area contributed by atoms with Gasteiger partial charge >= 0.3 is 0 Å². The Morgan fingerprint density at radius 3 is 2.60 bits per heavy atom. The van der Waals surface area contributed by atoms with Crippen molar-refractivity contribution in [2.24, 2.45) is 5.10 Å². The molecule has 0 fully saturated rings. The maximum atomic E-state index is 12.3. The van der Waals surface area contributed by atoms with Gasteiger partial charge in [0.2, 0.25) is 11.6 Å². The second-order valence-corrected chi connectivity index (χ2v) is 5.41. The van der Waals surface area contributed by atoms with Crippen molar-refractivity contribution in [1.82, 2.24) is 30.7 Å². The number of anilines is 1. The minimum absolute atomic E-state index is 0.0493. The monoisotopic (exact) mass is 340 g/mol. The molecule has 3 rings (SSSR count). The molecule has 1 aromatic carbocycles. The molecule has 2 aromatic heterocycles. The molecule has 1 amide bonds. The number of aryl methyl sites for hydroxylation is 1. The largest absolute Gasteiger partial charge is 0.378 e. The number of carbonyl (C=O) groups is 1. The number of nitrogen functional groups attached to an aromatic ring is 1. The average Bonchev–Trinajstić information content (AvgIpc) is 3.18. The molecule has 25 heavy (non-hydrogen) atoms. The van der Waals surface area contributed by atoms with Gasteiger partial charge in [-0.25, -0.2) is 10.1 Å². The summed E-state index contributed by atoms with van der Waals surface area (Å²) in [5.41, 5.74) is 11.4. The highest BCUT2D eigenvalue weighted by Gasteiger charge is 2.20. The molecule has 0 saturated carbocycles.